The number of carbonyl (C=O) groups excluding carboxylic acids is 1. The van der Waals surface area contributed by atoms with Gasteiger partial charge in [-0.15, -0.1) is 0 Å². The minimum Gasteiger partial charge on any atom is -0.399 e. The smallest absolute Gasteiger partial charge is 0.399 e. The summed E-state index contributed by atoms with van der Waals surface area (Å²) in [6.45, 7) is 11.8. The highest BCUT2D eigenvalue weighted by atomic mass is 19.1. The van der Waals surface area contributed by atoms with Crippen LogP contribution in [0.5, 0.6) is 0 Å². The molecule has 2 fully saturated rings. The number of halogens is 1. The van der Waals surface area contributed by atoms with Crippen LogP contribution in [0.2, 0.25) is 0 Å². The average Bonchev–Trinajstić information content (AvgIpc) is 3.21. The molecule has 2 aliphatic heterocycles. The van der Waals surface area contributed by atoms with Crippen LogP contribution in [-0.4, -0.2) is 45.1 Å². The van der Waals surface area contributed by atoms with E-state index in [1.165, 1.54) is 6.07 Å². The van der Waals surface area contributed by atoms with Crippen molar-refractivity contribution in [3.05, 3.63) is 23.8 Å². The summed E-state index contributed by atoms with van der Waals surface area (Å²) in [5, 5.41) is 0. The molecule has 1 aromatic carbocycles. The number of carbonyl (C=O) groups is 1. The van der Waals surface area contributed by atoms with Gasteiger partial charge in [-0.1, -0.05) is 0 Å². The van der Waals surface area contributed by atoms with Crippen LogP contribution in [0.15, 0.2) is 12.1 Å². The van der Waals surface area contributed by atoms with Crippen LogP contribution in [0.3, 0.4) is 0 Å². The molecule has 2 aliphatic rings. The Hall–Kier alpha value is -1.93. The number of hydrogen-bond acceptors (Lipinski definition) is 4. The van der Waals surface area contributed by atoms with E-state index in [9.17, 15) is 9.18 Å². The second kappa shape index (κ2) is 6.29. The van der Waals surface area contributed by atoms with E-state index in [1.54, 1.807) is 0 Å². The summed E-state index contributed by atoms with van der Waals surface area (Å²) in [7, 11) is -0.643. The molecule has 0 unspecified atom stereocenters. The number of nitrogens with zero attached hydrogens (tertiary/aromatic N) is 2. The van der Waals surface area contributed by atoms with Crippen molar-refractivity contribution in [1.82, 2.24) is 14.9 Å². The summed E-state index contributed by atoms with van der Waals surface area (Å²) in [6, 6.07) is 3.17. The molecule has 150 valence electrons. The lowest BCUT2D eigenvalue weighted by Gasteiger charge is -2.32. The van der Waals surface area contributed by atoms with E-state index in [0.29, 0.717) is 29.6 Å². The lowest BCUT2D eigenvalue weighted by Crippen LogP contribution is -2.41. The van der Waals surface area contributed by atoms with Gasteiger partial charge in [0.1, 0.15) is 11.3 Å². The van der Waals surface area contributed by atoms with Crippen molar-refractivity contribution in [2.45, 2.75) is 77.7 Å². The van der Waals surface area contributed by atoms with Gasteiger partial charge >= 0.3 is 7.12 Å². The first-order chi connectivity index (χ1) is 13.0. The molecule has 0 saturated carbocycles. The number of amides is 1. The zero-order chi connectivity index (χ0) is 20.4. The highest BCUT2D eigenvalue weighted by molar-refractivity contribution is 6.62. The second-order valence-electron chi connectivity index (χ2n) is 9.06. The van der Waals surface area contributed by atoms with Crippen LogP contribution in [0, 0.1) is 5.82 Å². The number of imidazole rings is 1. The molecule has 8 heteroatoms. The Bertz CT molecular complexity index is 924. The molecule has 3 heterocycles. The highest BCUT2D eigenvalue weighted by Crippen LogP contribution is 2.37. The van der Waals surface area contributed by atoms with Gasteiger partial charge in [-0.3, -0.25) is 4.79 Å². The number of aromatic nitrogens is 2. The number of benzene rings is 1. The fourth-order valence-corrected chi connectivity index (χ4v) is 4.01. The van der Waals surface area contributed by atoms with E-state index in [0.717, 1.165) is 0 Å². The lowest BCUT2D eigenvalue weighted by atomic mass is 9.79. The molecule has 0 radical (unpaired) electrons. The van der Waals surface area contributed by atoms with Gasteiger partial charge in [-0.25, -0.2) is 9.37 Å². The molecule has 1 N–H and O–H groups in total. The quantitative estimate of drug-likeness (QED) is 0.823. The van der Waals surface area contributed by atoms with E-state index in [2.05, 4.69) is 9.97 Å². The van der Waals surface area contributed by atoms with E-state index >= 15 is 0 Å². The van der Waals surface area contributed by atoms with Crippen molar-refractivity contribution in [3.63, 3.8) is 0 Å². The molecule has 1 atom stereocenters. The SMILES string of the molecule is CC(C)N1C(=O)CC[C@@H]1c1nc2c(F)cc(B3OC(C)(C)C(C)(C)O3)cc2[nH]1. The Labute approximate surface area is 164 Å². The molecular weight excluding hydrogens is 360 g/mol. The number of nitrogens with one attached hydrogen (secondary N) is 1. The zero-order valence-electron chi connectivity index (χ0n) is 17.3. The number of H-pyrrole nitrogens is 1. The van der Waals surface area contributed by atoms with Crippen molar-refractivity contribution >= 4 is 29.5 Å². The second-order valence-corrected chi connectivity index (χ2v) is 9.06. The minimum atomic E-state index is -0.643. The van der Waals surface area contributed by atoms with Gasteiger partial charge in [0.2, 0.25) is 5.91 Å². The standard InChI is InChI=1S/C20H27BFN3O3/c1-11(2)25-15(7-8-16(25)26)18-23-14-10-12(9-13(22)17(14)24-18)21-27-19(3,4)20(5,6)28-21/h9-11,15H,7-8H2,1-6H3,(H,23,24)/t15-/m1/s1. The first-order valence-electron chi connectivity index (χ1n) is 9.86. The minimum absolute atomic E-state index is 0.0679. The summed E-state index contributed by atoms with van der Waals surface area (Å²) in [5.41, 5.74) is 0.484. The maximum absolute atomic E-state index is 14.8. The first kappa shape index (κ1) is 19.4. The third-order valence-corrected chi connectivity index (χ3v) is 6.23. The number of hydrogen-bond donors (Lipinski definition) is 1. The summed E-state index contributed by atoms with van der Waals surface area (Å²) >= 11 is 0. The van der Waals surface area contributed by atoms with Crippen LogP contribution >= 0.6 is 0 Å². The van der Waals surface area contributed by atoms with Crippen molar-refractivity contribution in [1.29, 1.82) is 0 Å². The monoisotopic (exact) mass is 387 g/mol. The van der Waals surface area contributed by atoms with E-state index in [4.69, 9.17) is 9.31 Å². The summed E-state index contributed by atoms with van der Waals surface area (Å²) < 4.78 is 26.9. The number of rotatable bonds is 3. The molecule has 0 bridgehead atoms. The van der Waals surface area contributed by atoms with E-state index in [-0.39, 0.29) is 23.5 Å². The van der Waals surface area contributed by atoms with Crippen molar-refractivity contribution in [2.24, 2.45) is 0 Å². The van der Waals surface area contributed by atoms with Gasteiger partial charge in [0, 0.05) is 12.5 Å². The van der Waals surface area contributed by atoms with E-state index < -0.39 is 24.1 Å². The predicted molar refractivity (Wildman–Crippen MR) is 106 cm³/mol. The summed E-state index contributed by atoms with van der Waals surface area (Å²) in [6.07, 6.45) is 1.17. The van der Waals surface area contributed by atoms with Crippen LogP contribution in [-0.2, 0) is 14.1 Å². The van der Waals surface area contributed by atoms with Crippen molar-refractivity contribution in [3.8, 4) is 0 Å². The fourth-order valence-electron chi connectivity index (χ4n) is 4.01. The Kier molecular flexibility index (Phi) is 4.36. The number of aromatic amines is 1. The third-order valence-electron chi connectivity index (χ3n) is 6.23. The number of likely N-dealkylation sites (tertiary alicyclic amines) is 1. The predicted octanol–water partition coefficient (Wildman–Crippen LogP) is 3.07. The molecule has 2 aromatic rings. The maximum Gasteiger partial charge on any atom is 0.495 e. The Morgan fingerprint density at radius 2 is 1.89 bits per heavy atom. The lowest BCUT2D eigenvalue weighted by molar-refractivity contribution is -0.130. The van der Waals surface area contributed by atoms with Gasteiger partial charge < -0.3 is 19.2 Å². The third kappa shape index (κ3) is 2.94. The van der Waals surface area contributed by atoms with Gasteiger partial charge in [0.15, 0.2) is 5.82 Å². The molecule has 4 rings (SSSR count). The topological polar surface area (TPSA) is 67.5 Å². The Balaban J connectivity index is 1.70. The fraction of sp³-hybridized carbons (Fsp3) is 0.600. The average molecular weight is 387 g/mol. The maximum atomic E-state index is 14.8. The van der Waals surface area contributed by atoms with E-state index in [1.807, 2.05) is 52.5 Å². The zero-order valence-corrected chi connectivity index (χ0v) is 17.3. The van der Waals surface area contributed by atoms with Crippen molar-refractivity contribution in [2.75, 3.05) is 0 Å². The van der Waals surface area contributed by atoms with Gasteiger partial charge in [-0.2, -0.15) is 0 Å². The molecule has 28 heavy (non-hydrogen) atoms. The van der Waals surface area contributed by atoms with Gasteiger partial charge in [0.25, 0.3) is 0 Å². The number of fused-ring (bicyclic) bond motifs is 1. The molecule has 0 aliphatic carbocycles. The van der Waals surface area contributed by atoms with Gasteiger partial charge in [0.05, 0.1) is 22.8 Å². The molecule has 2 saturated heterocycles. The van der Waals surface area contributed by atoms with Crippen LogP contribution in [0.25, 0.3) is 11.0 Å². The normalized spacial score (nSPS) is 24.1. The van der Waals surface area contributed by atoms with Crippen molar-refractivity contribution < 1.29 is 18.5 Å². The first-order valence-corrected chi connectivity index (χ1v) is 9.86. The molecular formula is C20H27BFN3O3. The molecule has 1 amide bonds. The highest BCUT2D eigenvalue weighted by Gasteiger charge is 2.52. The molecule has 6 nitrogen and oxygen atoms in total. The largest absolute Gasteiger partial charge is 0.495 e. The Morgan fingerprint density at radius 1 is 1.25 bits per heavy atom. The van der Waals surface area contributed by atoms with Crippen LogP contribution in [0.4, 0.5) is 4.39 Å². The van der Waals surface area contributed by atoms with Gasteiger partial charge in [-0.05, 0) is 65.6 Å². The van der Waals surface area contributed by atoms with Crippen LogP contribution < -0.4 is 5.46 Å². The molecule has 1 aromatic heterocycles. The Morgan fingerprint density at radius 3 is 2.50 bits per heavy atom. The molecule has 0 spiro atoms. The van der Waals surface area contributed by atoms with Crippen LogP contribution in [0.1, 0.15) is 66.3 Å². The summed E-state index contributed by atoms with van der Waals surface area (Å²) in [4.78, 5) is 21.7. The summed E-state index contributed by atoms with van der Waals surface area (Å²) in [5.74, 6) is 0.309.